The first-order valence-electron chi connectivity index (χ1n) is 5.75. The maximum absolute atomic E-state index is 12.2. The van der Waals surface area contributed by atoms with Gasteiger partial charge >= 0.3 is 13.6 Å². The van der Waals surface area contributed by atoms with Crippen molar-refractivity contribution in [2.24, 2.45) is 0 Å². The summed E-state index contributed by atoms with van der Waals surface area (Å²) in [6.45, 7) is 0.633. The Labute approximate surface area is 110 Å². The zero-order valence-electron chi connectivity index (χ0n) is 10.7. The predicted octanol–water partition coefficient (Wildman–Crippen LogP) is 1.42. The van der Waals surface area contributed by atoms with E-state index < -0.39 is 13.6 Å². The van der Waals surface area contributed by atoms with Crippen molar-refractivity contribution in [3.8, 4) is 0 Å². The summed E-state index contributed by atoms with van der Waals surface area (Å²) in [5.41, 5.74) is -0.0425. The zero-order chi connectivity index (χ0) is 14.0. The molecule has 19 heavy (non-hydrogen) atoms. The van der Waals surface area contributed by atoms with Crippen LogP contribution in [0.25, 0.3) is 0 Å². The lowest BCUT2D eigenvalue weighted by Gasteiger charge is -2.27. The largest absolute Gasteiger partial charge is 0.476 e. The van der Waals surface area contributed by atoms with Gasteiger partial charge in [-0.05, 0) is 6.42 Å². The van der Waals surface area contributed by atoms with Gasteiger partial charge in [-0.25, -0.2) is 9.78 Å². The molecule has 0 aromatic carbocycles. The fourth-order valence-electron chi connectivity index (χ4n) is 2.06. The van der Waals surface area contributed by atoms with Crippen LogP contribution in [0.3, 0.4) is 0 Å². The van der Waals surface area contributed by atoms with Crippen LogP contribution < -0.4 is 5.32 Å². The minimum atomic E-state index is -3.14. The minimum Gasteiger partial charge on any atom is -0.476 e. The molecule has 0 saturated carbocycles. The molecule has 0 amide bonds. The maximum atomic E-state index is 12.2. The van der Waals surface area contributed by atoms with Crippen molar-refractivity contribution >= 4 is 19.5 Å². The molecule has 0 aliphatic carbocycles. The van der Waals surface area contributed by atoms with Crippen molar-refractivity contribution in [1.29, 1.82) is 0 Å². The second kappa shape index (κ2) is 5.32. The Morgan fingerprint density at radius 1 is 1.63 bits per heavy atom. The lowest BCUT2D eigenvalue weighted by Crippen LogP contribution is -2.25. The van der Waals surface area contributed by atoms with E-state index in [0.29, 0.717) is 18.9 Å². The van der Waals surface area contributed by atoms with Gasteiger partial charge in [-0.1, -0.05) is 0 Å². The number of rotatable bonds is 5. The van der Waals surface area contributed by atoms with Gasteiger partial charge in [0.1, 0.15) is 0 Å². The number of fused-ring (bicyclic) bond motifs is 1. The molecule has 2 N–H and O–H groups in total. The van der Waals surface area contributed by atoms with E-state index >= 15 is 0 Å². The summed E-state index contributed by atoms with van der Waals surface area (Å²) in [6, 6.07) is -0.164. The van der Waals surface area contributed by atoms with E-state index in [2.05, 4.69) is 10.3 Å². The molecule has 1 aromatic heterocycles. The van der Waals surface area contributed by atoms with Crippen molar-refractivity contribution in [2.45, 2.75) is 12.5 Å². The Kier molecular flexibility index (Phi) is 3.93. The topological polar surface area (TPSA) is 103 Å². The zero-order valence-corrected chi connectivity index (χ0v) is 11.6. The summed E-state index contributed by atoms with van der Waals surface area (Å²) in [4.78, 5) is 14.9. The number of hydrogen-bond donors (Lipinski definition) is 2. The van der Waals surface area contributed by atoms with Crippen LogP contribution in [0, 0.1) is 0 Å². The van der Waals surface area contributed by atoms with Crippen molar-refractivity contribution in [3.63, 3.8) is 0 Å². The second-order valence-corrected chi connectivity index (χ2v) is 6.51. The molecule has 0 saturated heterocycles. The van der Waals surface area contributed by atoms with Crippen LogP contribution in [0.4, 0.5) is 5.95 Å². The summed E-state index contributed by atoms with van der Waals surface area (Å²) >= 11 is 0. The van der Waals surface area contributed by atoms with E-state index in [9.17, 15) is 9.36 Å². The molecule has 2 rings (SSSR count). The molecule has 1 atom stereocenters. The molecule has 8 nitrogen and oxygen atoms in total. The van der Waals surface area contributed by atoms with E-state index in [1.807, 2.05) is 0 Å². The van der Waals surface area contributed by atoms with Gasteiger partial charge in [-0.3, -0.25) is 4.57 Å². The number of anilines is 1. The number of carbonyl (C=O) groups is 1. The van der Waals surface area contributed by atoms with Crippen molar-refractivity contribution in [3.05, 3.63) is 11.9 Å². The van der Waals surface area contributed by atoms with Crippen LogP contribution in [0.1, 0.15) is 23.0 Å². The molecule has 2 heterocycles. The molecule has 0 bridgehead atoms. The third kappa shape index (κ3) is 2.80. The Morgan fingerprint density at radius 2 is 2.32 bits per heavy atom. The van der Waals surface area contributed by atoms with Crippen molar-refractivity contribution in [1.82, 2.24) is 9.55 Å². The molecule has 9 heteroatoms. The highest BCUT2D eigenvalue weighted by atomic mass is 31.2. The van der Waals surface area contributed by atoms with Gasteiger partial charge in [0.25, 0.3) is 0 Å². The van der Waals surface area contributed by atoms with Gasteiger partial charge < -0.3 is 24.0 Å². The summed E-state index contributed by atoms with van der Waals surface area (Å²) in [6.07, 6.45) is 2.31. The van der Waals surface area contributed by atoms with Gasteiger partial charge in [-0.2, -0.15) is 0 Å². The molecule has 0 radical (unpaired) electrons. The second-order valence-electron chi connectivity index (χ2n) is 4.19. The number of aromatic nitrogens is 2. The van der Waals surface area contributed by atoms with Crippen LogP contribution in [0.2, 0.25) is 0 Å². The van der Waals surface area contributed by atoms with Gasteiger partial charge in [0, 0.05) is 33.0 Å². The Bertz CT molecular complexity index is 521. The number of nitrogens with one attached hydrogen (secondary N) is 1. The molecule has 106 valence electrons. The summed E-state index contributed by atoms with van der Waals surface area (Å²) in [7, 11) is -0.471. The average Bonchev–Trinajstić information content (AvgIpc) is 2.84. The third-order valence-corrected chi connectivity index (χ3v) is 5.08. The molecule has 1 aliphatic rings. The first-order chi connectivity index (χ1) is 8.99. The molecular weight excluding hydrogens is 273 g/mol. The molecule has 1 aromatic rings. The Morgan fingerprint density at radius 3 is 2.89 bits per heavy atom. The van der Waals surface area contributed by atoms with Crippen LogP contribution in [0.5, 0.6) is 0 Å². The molecule has 0 fully saturated rings. The number of nitrogens with zero attached hydrogens (tertiary/aromatic N) is 2. The van der Waals surface area contributed by atoms with Crippen LogP contribution in [-0.2, 0) is 13.6 Å². The molecule has 0 unspecified atom stereocenters. The highest BCUT2D eigenvalue weighted by Crippen LogP contribution is 2.50. The Balaban J connectivity index is 2.27. The number of carboxylic acid groups (broad SMARTS) is 1. The van der Waals surface area contributed by atoms with E-state index in [1.165, 1.54) is 20.4 Å². The Hall–Kier alpha value is -1.37. The van der Waals surface area contributed by atoms with E-state index in [0.717, 1.165) is 0 Å². The number of hydrogen-bond acceptors (Lipinski definition) is 6. The van der Waals surface area contributed by atoms with E-state index in [4.69, 9.17) is 14.2 Å². The number of aromatic carboxylic acids is 1. The smallest absolute Gasteiger partial charge is 0.356 e. The number of imidazole rings is 1. The normalized spacial score (nSPS) is 18.7. The van der Waals surface area contributed by atoms with Gasteiger partial charge in [0.15, 0.2) is 5.69 Å². The monoisotopic (exact) mass is 289 g/mol. The summed E-state index contributed by atoms with van der Waals surface area (Å²) in [5.74, 6) is -0.628. The highest BCUT2D eigenvalue weighted by Gasteiger charge is 2.31. The average molecular weight is 289 g/mol. The predicted molar refractivity (Wildman–Crippen MR) is 67.8 cm³/mol. The fraction of sp³-hybridized carbons (Fsp3) is 0.600. The molecule has 1 aliphatic heterocycles. The SMILES string of the molecule is COP(=O)(C[C@@H]1CCNc2nc(C(=O)O)cn21)OC. The number of carboxylic acids is 1. The van der Waals surface area contributed by atoms with Gasteiger partial charge in [-0.15, -0.1) is 0 Å². The fourth-order valence-corrected chi connectivity index (χ4v) is 3.38. The van der Waals surface area contributed by atoms with Crippen LogP contribution in [-0.4, -0.2) is 47.6 Å². The quantitative estimate of drug-likeness (QED) is 0.790. The van der Waals surface area contributed by atoms with E-state index in [-0.39, 0.29) is 17.9 Å². The summed E-state index contributed by atoms with van der Waals surface area (Å²) in [5, 5.41) is 11.9. The maximum Gasteiger partial charge on any atom is 0.356 e. The first-order valence-corrected chi connectivity index (χ1v) is 7.48. The summed E-state index contributed by atoms with van der Waals surface area (Å²) < 4.78 is 23.7. The standard InChI is InChI=1S/C10H16N3O5P/c1-17-19(16,18-2)6-7-3-4-11-10-12-8(9(14)15)5-13(7)10/h5,7H,3-4,6H2,1-2H3,(H,11,12)(H,14,15)/t7-/m0/s1. The minimum absolute atomic E-state index is 0.0425. The first kappa shape index (κ1) is 14.0. The van der Waals surface area contributed by atoms with Crippen molar-refractivity contribution in [2.75, 3.05) is 32.2 Å². The van der Waals surface area contributed by atoms with Crippen LogP contribution >= 0.6 is 7.60 Å². The van der Waals surface area contributed by atoms with Crippen LogP contribution in [0.15, 0.2) is 6.20 Å². The lowest BCUT2D eigenvalue weighted by molar-refractivity contribution is 0.0691. The third-order valence-electron chi connectivity index (χ3n) is 3.10. The van der Waals surface area contributed by atoms with Gasteiger partial charge in [0.05, 0.1) is 6.16 Å². The van der Waals surface area contributed by atoms with Gasteiger partial charge in [0.2, 0.25) is 5.95 Å². The molecular formula is C10H16N3O5P. The molecule has 0 spiro atoms. The van der Waals surface area contributed by atoms with E-state index in [1.54, 1.807) is 4.57 Å². The lowest BCUT2D eigenvalue weighted by atomic mass is 10.2. The highest BCUT2D eigenvalue weighted by molar-refractivity contribution is 7.53. The van der Waals surface area contributed by atoms with Crippen molar-refractivity contribution < 1.29 is 23.5 Å².